The maximum absolute atomic E-state index is 12.6. The van der Waals surface area contributed by atoms with Crippen LogP contribution in [0.4, 0.5) is 0 Å². The van der Waals surface area contributed by atoms with Gasteiger partial charge in [0, 0.05) is 10.0 Å². The minimum absolute atomic E-state index is 0.311. The minimum Gasteiger partial charge on any atom is -0.348 e. The minimum atomic E-state index is -0.948. The highest BCUT2D eigenvalue weighted by Gasteiger charge is 2.40. The number of carbonyl (C=O) groups excluding carboxylic acids is 3. The zero-order valence-corrected chi connectivity index (χ0v) is 15.6. The van der Waals surface area contributed by atoms with Crippen molar-refractivity contribution in [3.8, 4) is 0 Å². The second-order valence-electron chi connectivity index (χ2n) is 6.10. The lowest BCUT2D eigenvalue weighted by molar-refractivity contribution is -0.125. The van der Waals surface area contributed by atoms with E-state index in [4.69, 9.17) is 23.2 Å². The van der Waals surface area contributed by atoms with Crippen molar-refractivity contribution in [3.05, 3.63) is 69.2 Å². The Morgan fingerprint density at radius 1 is 1.00 bits per heavy atom. The Labute approximate surface area is 160 Å². The molecule has 0 fully saturated rings. The van der Waals surface area contributed by atoms with Crippen molar-refractivity contribution in [2.75, 3.05) is 0 Å². The maximum Gasteiger partial charge on any atom is 0.262 e. The van der Waals surface area contributed by atoms with Gasteiger partial charge in [0.15, 0.2) is 0 Å². The average Bonchev–Trinajstić information content (AvgIpc) is 2.85. The van der Waals surface area contributed by atoms with Crippen LogP contribution in [-0.4, -0.2) is 28.7 Å². The SMILES string of the molecule is C[C@H](C(=O)N[C@H](C)c1ccc(Cl)cc1Cl)N1C(=O)c2ccccc2C1=O. The molecule has 26 heavy (non-hydrogen) atoms. The third-order valence-corrected chi connectivity index (χ3v) is 4.94. The smallest absolute Gasteiger partial charge is 0.262 e. The number of nitrogens with zero attached hydrogens (tertiary/aromatic N) is 1. The van der Waals surface area contributed by atoms with E-state index in [9.17, 15) is 14.4 Å². The van der Waals surface area contributed by atoms with Gasteiger partial charge in [0.05, 0.1) is 17.2 Å². The van der Waals surface area contributed by atoms with Crippen molar-refractivity contribution < 1.29 is 14.4 Å². The summed E-state index contributed by atoms with van der Waals surface area (Å²) in [5, 5.41) is 3.71. The first-order chi connectivity index (χ1) is 12.3. The molecular formula is C19H16Cl2N2O3. The van der Waals surface area contributed by atoms with Crippen LogP contribution in [0, 0.1) is 0 Å². The number of fused-ring (bicyclic) bond motifs is 1. The summed E-state index contributed by atoms with van der Waals surface area (Å²) in [5.41, 5.74) is 1.32. The van der Waals surface area contributed by atoms with Crippen molar-refractivity contribution in [1.82, 2.24) is 10.2 Å². The van der Waals surface area contributed by atoms with Crippen LogP contribution in [0.25, 0.3) is 0 Å². The van der Waals surface area contributed by atoms with Crippen molar-refractivity contribution in [2.45, 2.75) is 25.9 Å². The molecule has 0 bridgehead atoms. The summed E-state index contributed by atoms with van der Waals surface area (Å²) < 4.78 is 0. The van der Waals surface area contributed by atoms with Gasteiger partial charge in [-0.3, -0.25) is 19.3 Å². The van der Waals surface area contributed by atoms with E-state index in [0.29, 0.717) is 26.7 Å². The summed E-state index contributed by atoms with van der Waals surface area (Å²) in [6, 6.07) is 10.2. The van der Waals surface area contributed by atoms with E-state index < -0.39 is 29.8 Å². The molecule has 134 valence electrons. The van der Waals surface area contributed by atoms with Gasteiger partial charge in [-0.15, -0.1) is 0 Å². The predicted molar refractivity (Wildman–Crippen MR) is 99.4 cm³/mol. The van der Waals surface area contributed by atoms with E-state index >= 15 is 0 Å². The van der Waals surface area contributed by atoms with E-state index in [1.807, 2.05) is 0 Å². The van der Waals surface area contributed by atoms with Crippen LogP contribution >= 0.6 is 23.2 Å². The number of nitrogens with one attached hydrogen (secondary N) is 1. The van der Waals surface area contributed by atoms with E-state index in [-0.39, 0.29) is 0 Å². The molecule has 1 aliphatic rings. The van der Waals surface area contributed by atoms with Crippen molar-refractivity contribution in [2.24, 2.45) is 0 Å². The Morgan fingerprint density at radius 3 is 2.12 bits per heavy atom. The number of hydrogen-bond donors (Lipinski definition) is 1. The van der Waals surface area contributed by atoms with Gasteiger partial charge in [-0.1, -0.05) is 41.4 Å². The topological polar surface area (TPSA) is 66.5 Å². The Balaban J connectivity index is 1.76. The zero-order valence-electron chi connectivity index (χ0n) is 14.1. The van der Waals surface area contributed by atoms with Crippen LogP contribution in [0.3, 0.4) is 0 Å². The number of rotatable bonds is 4. The zero-order chi connectivity index (χ0) is 19.0. The largest absolute Gasteiger partial charge is 0.348 e. The molecule has 0 aromatic heterocycles. The fourth-order valence-electron chi connectivity index (χ4n) is 2.94. The van der Waals surface area contributed by atoms with Crippen molar-refractivity contribution in [3.63, 3.8) is 0 Å². The molecule has 0 spiro atoms. The summed E-state index contributed by atoms with van der Waals surface area (Å²) in [6.45, 7) is 3.29. The monoisotopic (exact) mass is 390 g/mol. The van der Waals surface area contributed by atoms with Crippen LogP contribution in [0.1, 0.15) is 46.2 Å². The molecule has 5 nitrogen and oxygen atoms in total. The first kappa shape index (κ1) is 18.4. The molecule has 1 N–H and O–H groups in total. The molecule has 1 heterocycles. The highest BCUT2D eigenvalue weighted by atomic mass is 35.5. The Morgan fingerprint density at radius 2 is 1.58 bits per heavy atom. The summed E-state index contributed by atoms with van der Waals surface area (Å²) in [5.74, 6) is -1.38. The van der Waals surface area contributed by atoms with Gasteiger partial charge in [0.2, 0.25) is 5.91 Å². The lowest BCUT2D eigenvalue weighted by atomic mass is 10.1. The predicted octanol–water partition coefficient (Wildman–Crippen LogP) is 3.86. The lowest BCUT2D eigenvalue weighted by Gasteiger charge is -2.24. The number of amides is 3. The van der Waals surface area contributed by atoms with Gasteiger partial charge in [-0.05, 0) is 43.7 Å². The molecule has 0 saturated carbocycles. The molecular weight excluding hydrogens is 375 g/mol. The van der Waals surface area contributed by atoms with E-state index in [1.165, 1.54) is 6.92 Å². The van der Waals surface area contributed by atoms with Gasteiger partial charge in [0.1, 0.15) is 6.04 Å². The van der Waals surface area contributed by atoms with Crippen molar-refractivity contribution >= 4 is 40.9 Å². The molecule has 0 saturated heterocycles. The molecule has 3 rings (SSSR count). The Bertz CT molecular complexity index is 878. The Kier molecular flexibility index (Phi) is 5.03. The summed E-state index contributed by atoms with van der Waals surface area (Å²) in [7, 11) is 0. The van der Waals surface area contributed by atoms with Crippen LogP contribution in [-0.2, 0) is 4.79 Å². The van der Waals surface area contributed by atoms with Crippen LogP contribution in [0.5, 0.6) is 0 Å². The first-order valence-corrected chi connectivity index (χ1v) is 8.79. The molecule has 7 heteroatoms. The van der Waals surface area contributed by atoms with Gasteiger partial charge < -0.3 is 5.32 Å². The standard InChI is InChI=1S/C19H16Cl2N2O3/c1-10(13-8-7-12(20)9-16(13)21)22-17(24)11(2)23-18(25)14-5-3-4-6-15(14)19(23)26/h3-11H,1-2H3,(H,22,24)/t10-,11-/m1/s1. The number of imide groups is 1. The molecule has 2 aromatic carbocycles. The molecule has 1 aliphatic heterocycles. The summed E-state index contributed by atoms with van der Waals surface area (Å²) in [6.07, 6.45) is 0. The number of carbonyl (C=O) groups is 3. The fraction of sp³-hybridized carbons (Fsp3) is 0.211. The fourth-order valence-corrected chi connectivity index (χ4v) is 3.51. The van der Waals surface area contributed by atoms with Gasteiger partial charge >= 0.3 is 0 Å². The first-order valence-electron chi connectivity index (χ1n) is 8.03. The second-order valence-corrected chi connectivity index (χ2v) is 6.94. The van der Waals surface area contributed by atoms with E-state index in [1.54, 1.807) is 49.4 Å². The molecule has 0 radical (unpaired) electrons. The normalized spacial score (nSPS) is 15.6. The number of hydrogen-bond acceptors (Lipinski definition) is 3. The van der Waals surface area contributed by atoms with E-state index in [2.05, 4.69) is 5.32 Å². The Hall–Kier alpha value is -2.37. The molecule has 2 aromatic rings. The third kappa shape index (κ3) is 3.20. The van der Waals surface area contributed by atoms with E-state index in [0.717, 1.165) is 4.90 Å². The van der Waals surface area contributed by atoms with Gasteiger partial charge in [0.25, 0.3) is 11.8 Å². The summed E-state index contributed by atoms with van der Waals surface area (Å²) >= 11 is 12.1. The highest BCUT2D eigenvalue weighted by Crippen LogP contribution is 2.27. The third-order valence-electron chi connectivity index (χ3n) is 4.38. The lowest BCUT2D eigenvalue weighted by Crippen LogP contribution is -2.48. The van der Waals surface area contributed by atoms with Crippen LogP contribution < -0.4 is 5.32 Å². The van der Waals surface area contributed by atoms with Gasteiger partial charge in [-0.25, -0.2) is 0 Å². The van der Waals surface area contributed by atoms with Gasteiger partial charge in [-0.2, -0.15) is 0 Å². The molecule has 0 unspecified atom stereocenters. The highest BCUT2D eigenvalue weighted by molar-refractivity contribution is 6.35. The second kappa shape index (κ2) is 7.09. The average molecular weight is 391 g/mol. The number of benzene rings is 2. The number of halogens is 2. The van der Waals surface area contributed by atoms with Crippen LogP contribution in [0.15, 0.2) is 42.5 Å². The quantitative estimate of drug-likeness (QED) is 0.805. The molecule has 3 amide bonds. The maximum atomic E-state index is 12.6. The van der Waals surface area contributed by atoms with Crippen molar-refractivity contribution in [1.29, 1.82) is 0 Å². The van der Waals surface area contributed by atoms with Crippen LogP contribution in [0.2, 0.25) is 10.0 Å². The molecule has 0 aliphatic carbocycles. The summed E-state index contributed by atoms with van der Waals surface area (Å²) in [4.78, 5) is 38.6. The molecule has 2 atom stereocenters.